The fourth-order valence-electron chi connectivity index (χ4n) is 5.84. The summed E-state index contributed by atoms with van der Waals surface area (Å²) in [5, 5.41) is 4.25. The number of fused-ring (bicyclic) bond motifs is 1. The van der Waals surface area contributed by atoms with Gasteiger partial charge in [0.25, 0.3) is 0 Å². The maximum atomic E-state index is 13.7. The number of hydrogen-bond acceptors (Lipinski definition) is 6. The summed E-state index contributed by atoms with van der Waals surface area (Å²) >= 11 is 0. The van der Waals surface area contributed by atoms with Gasteiger partial charge in [-0.25, -0.2) is 4.79 Å². The van der Waals surface area contributed by atoms with Crippen LogP contribution < -0.4 is 24.6 Å². The zero-order chi connectivity index (χ0) is 31.2. The molecule has 1 aliphatic heterocycles. The molecule has 0 unspecified atom stereocenters. The topological polar surface area (TPSA) is 70.2 Å². The van der Waals surface area contributed by atoms with Crippen molar-refractivity contribution in [1.82, 2.24) is 9.88 Å². The molecule has 0 aliphatic carbocycles. The predicted octanol–water partition coefficient (Wildman–Crippen LogP) is 7.72. The molecule has 6 rings (SSSR count). The first-order chi connectivity index (χ1) is 22.0. The maximum absolute atomic E-state index is 13.7. The first-order valence-corrected chi connectivity index (χ1v) is 15.3. The minimum Gasteiger partial charge on any atom is -0.497 e. The van der Waals surface area contributed by atoms with E-state index in [1.165, 1.54) is 16.6 Å². The van der Waals surface area contributed by atoms with Gasteiger partial charge in [0.15, 0.2) is 0 Å². The number of aryl methyl sites for hydroxylation is 1. The summed E-state index contributed by atoms with van der Waals surface area (Å²) in [5.41, 5.74) is 6.77. The van der Waals surface area contributed by atoms with Crippen molar-refractivity contribution in [2.75, 3.05) is 62.1 Å². The zero-order valence-electron chi connectivity index (χ0n) is 26.5. The lowest BCUT2D eigenvalue weighted by Crippen LogP contribution is -2.47. The lowest BCUT2D eigenvalue weighted by molar-refractivity contribution is 0.259. The third-order valence-corrected chi connectivity index (χ3v) is 8.32. The van der Waals surface area contributed by atoms with Crippen LogP contribution in [0.4, 0.5) is 27.5 Å². The molecular formula is C37H40ClN5O3. The van der Waals surface area contributed by atoms with E-state index in [2.05, 4.69) is 57.6 Å². The van der Waals surface area contributed by atoms with Crippen LogP contribution in [0.2, 0.25) is 0 Å². The van der Waals surface area contributed by atoms with Crippen molar-refractivity contribution in [1.29, 1.82) is 0 Å². The highest BCUT2D eigenvalue weighted by molar-refractivity contribution is 6.07. The van der Waals surface area contributed by atoms with Crippen LogP contribution in [0.3, 0.4) is 0 Å². The molecule has 0 radical (unpaired) electrons. The van der Waals surface area contributed by atoms with E-state index < -0.39 is 0 Å². The van der Waals surface area contributed by atoms with Crippen molar-refractivity contribution < 1.29 is 14.3 Å². The van der Waals surface area contributed by atoms with Crippen LogP contribution in [0.1, 0.15) is 11.3 Å². The van der Waals surface area contributed by atoms with Crippen molar-refractivity contribution in [2.45, 2.75) is 13.3 Å². The van der Waals surface area contributed by atoms with Crippen LogP contribution in [0, 0.1) is 6.92 Å². The van der Waals surface area contributed by atoms with Gasteiger partial charge in [-0.3, -0.25) is 14.8 Å². The van der Waals surface area contributed by atoms with Gasteiger partial charge in [0.2, 0.25) is 0 Å². The van der Waals surface area contributed by atoms with Crippen molar-refractivity contribution in [3.63, 3.8) is 0 Å². The number of piperazine rings is 1. The first kappa shape index (κ1) is 32.6. The lowest BCUT2D eigenvalue weighted by atomic mass is 10.1. The van der Waals surface area contributed by atoms with E-state index in [-0.39, 0.29) is 18.4 Å². The van der Waals surface area contributed by atoms with Crippen molar-refractivity contribution in [2.24, 2.45) is 0 Å². The maximum Gasteiger partial charge on any atom is 0.330 e. The average Bonchev–Trinajstić information content (AvgIpc) is 3.08. The molecule has 2 amide bonds. The highest BCUT2D eigenvalue weighted by Crippen LogP contribution is 2.30. The minimum absolute atomic E-state index is 0. The lowest BCUT2D eigenvalue weighted by Gasteiger charge is -2.36. The molecule has 238 valence electrons. The number of aromatic nitrogens is 1. The monoisotopic (exact) mass is 637 g/mol. The molecule has 4 aromatic carbocycles. The van der Waals surface area contributed by atoms with Gasteiger partial charge in [-0.05, 0) is 104 Å². The van der Waals surface area contributed by atoms with Crippen LogP contribution in [0.25, 0.3) is 10.9 Å². The molecule has 0 bridgehead atoms. The number of benzene rings is 4. The van der Waals surface area contributed by atoms with Gasteiger partial charge in [-0.1, -0.05) is 18.2 Å². The highest BCUT2D eigenvalue weighted by atomic mass is 35.5. The van der Waals surface area contributed by atoms with Crippen LogP contribution in [-0.4, -0.2) is 62.9 Å². The molecular weight excluding hydrogens is 598 g/mol. The summed E-state index contributed by atoms with van der Waals surface area (Å²) in [7, 11) is 3.26. The molecule has 1 aliphatic rings. The van der Waals surface area contributed by atoms with Crippen LogP contribution >= 0.6 is 12.4 Å². The van der Waals surface area contributed by atoms with Gasteiger partial charge >= 0.3 is 6.03 Å². The van der Waals surface area contributed by atoms with Gasteiger partial charge in [-0.15, -0.1) is 12.4 Å². The Balaban J connectivity index is 0.00000417. The number of urea groups is 1. The minimum atomic E-state index is -0.252. The number of hydrogen-bond donors (Lipinski definition) is 1. The predicted molar refractivity (Wildman–Crippen MR) is 190 cm³/mol. The number of carbonyl (C=O) groups excluding carboxylic acids is 1. The Morgan fingerprint density at radius 3 is 2.17 bits per heavy atom. The van der Waals surface area contributed by atoms with Crippen LogP contribution in [0.5, 0.6) is 11.5 Å². The number of ether oxygens (including phenoxy) is 2. The van der Waals surface area contributed by atoms with E-state index in [1.807, 2.05) is 67.6 Å². The molecule has 1 N–H and O–H groups in total. The summed E-state index contributed by atoms with van der Waals surface area (Å²) in [5.74, 6) is 1.46. The smallest absolute Gasteiger partial charge is 0.330 e. The second-order valence-corrected chi connectivity index (χ2v) is 11.2. The number of pyridine rings is 1. The van der Waals surface area contributed by atoms with Gasteiger partial charge in [-0.2, -0.15) is 0 Å². The molecule has 1 aromatic heterocycles. The quantitative estimate of drug-likeness (QED) is 0.178. The molecule has 1 saturated heterocycles. The third kappa shape index (κ3) is 7.53. The number of halogens is 1. The largest absolute Gasteiger partial charge is 0.497 e. The molecule has 0 atom stereocenters. The number of amides is 2. The third-order valence-electron chi connectivity index (χ3n) is 8.32. The molecule has 0 spiro atoms. The Labute approximate surface area is 277 Å². The fraction of sp³-hybridized carbons (Fsp3) is 0.243. The van der Waals surface area contributed by atoms with E-state index in [4.69, 9.17) is 14.5 Å². The summed E-state index contributed by atoms with van der Waals surface area (Å²) in [4.78, 5) is 25.1. The zero-order valence-corrected chi connectivity index (χ0v) is 27.3. The number of nitrogens with one attached hydrogen (secondary N) is 1. The first-order valence-electron chi connectivity index (χ1n) is 15.3. The Morgan fingerprint density at radius 2 is 1.48 bits per heavy atom. The Morgan fingerprint density at radius 1 is 0.804 bits per heavy atom. The molecule has 46 heavy (non-hydrogen) atoms. The number of nitrogens with zero attached hydrogens (tertiary/aromatic N) is 4. The second kappa shape index (κ2) is 15.0. The summed E-state index contributed by atoms with van der Waals surface area (Å²) in [6.45, 7) is 6.94. The number of carbonyl (C=O) groups is 1. The van der Waals surface area contributed by atoms with E-state index >= 15 is 0 Å². The number of methoxy groups -OCH3 is 2. The molecule has 0 saturated carbocycles. The van der Waals surface area contributed by atoms with Crippen molar-refractivity contribution in [3.05, 3.63) is 114 Å². The van der Waals surface area contributed by atoms with E-state index in [1.54, 1.807) is 19.1 Å². The van der Waals surface area contributed by atoms with Crippen molar-refractivity contribution in [3.8, 4) is 11.5 Å². The highest BCUT2D eigenvalue weighted by Gasteiger charge is 2.21. The number of rotatable bonds is 9. The van der Waals surface area contributed by atoms with Crippen molar-refractivity contribution >= 4 is 52.1 Å². The fourth-order valence-corrected chi connectivity index (χ4v) is 5.84. The normalized spacial score (nSPS) is 13.2. The van der Waals surface area contributed by atoms with Gasteiger partial charge in [0.1, 0.15) is 11.5 Å². The summed E-state index contributed by atoms with van der Waals surface area (Å²) in [6, 6.07) is 33.5. The van der Waals surface area contributed by atoms with Crippen LogP contribution in [-0.2, 0) is 6.42 Å². The SMILES string of the molecule is COc1ccc(NC(=O)N(c2ccc(OC)cc2)c2cccc(CCN3CCN(c4cccc5nc(C)ccc45)CC3)c2)cc1.Cl. The summed E-state index contributed by atoms with van der Waals surface area (Å²) < 4.78 is 10.6. The Kier molecular flexibility index (Phi) is 10.6. The molecule has 9 heteroatoms. The molecule has 1 fully saturated rings. The molecule has 8 nitrogen and oxygen atoms in total. The van der Waals surface area contributed by atoms with Gasteiger partial charge in [0.05, 0.1) is 31.1 Å². The van der Waals surface area contributed by atoms with E-state index in [9.17, 15) is 4.79 Å². The Hall–Kier alpha value is -4.79. The standard InChI is InChI=1S/C37H39N5O3.ClH/c1-27-10-19-34-35(38-27)8-5-9-36(34)41-24-22-40(23-25-41)21-20-28-6-4-7-31(26-28)42(30-13-17-33(45-3)18-14-30)37(43)39-29-11-15-32(44-2)16-12-29;/h4-19,26H,20-25H2,1-3H3,(H,39,43);1H. The average molecular weight is 638 g/mol. The summed E-state index contributed by atoms with van der Waals surface area (Å²) in [6.07, 6.45) is 0.891. The van der Waals surface area contributed by atoms with E-state index in [0.29, 0.717) is 5.69 Å². The van der Waals surface area contributed by atoms with Gasteiger partial charge < -0.3 is 19.7 Å². The van der Waals surface area contributed by atoms with Gasteiger partial charge in [0, 0.05) is 55.2 Å². The van der Waals surface area contributed by atoms with E-state index in [0.717, 1.165) is 73.2 Å². The van der Waals surface area contributed by atoms with Crippen LogP contribution in [0.15, 0.2) is 103 Å². The molecule has 5 aromatic rings. The second-order valence-electron chi connectivity index (χ2n) is 11.2. The molecule has 2 heterocycles. The number of anilines is 4. The Bertz CT molecular complexity index is 1760.